The van der Waals surface area contributed by atoms with Gasteiger partial charge in [-0.1, -0.05) is 20.8 Å². The molecule has 0 aliphatic rings. The summed E-state index contributed by atoms with van der Waals surface area (Å²) < 4.78 is 0. The molecule has 5 heteroatoms. The first-order chi connectivity index (χ1) is 6.79. The van der Waals surface area contributed by atoms with E-state index in [4.69, 9.17) is 5.11 Å². The number of aliphatic carboxylic acids is 1. The monoisotopic (exact) mass is 210 g/mol. The molecule has 0 atom stereocenters. The second-order valence-electron chi connectivity index (χ2n) is 4.41. The zero-order chi connectivity index (χ0) is 11.6. The Labute approximate surface area is 87.2 Å². The topological polar surface area (TPSA) is 83.0 Å². The Morgan fingerprint density at radius 2 is 2.13 bits per heavy atom. The second kappa shape index (κ2) is 3.84. The first-order valence-corrected chi connectivity index (χ1v) is 4.61. The highest BCUT2D eigenvalue weighted by Gasteiger charge is 2.17. The molecule has 1 heterocycles. The molecule has 0 aliphatic carbocycles. The van der Waals surface area contributed by atoms with Crippen molar-refractivity contribution >= 4 is 5.97 Å². The molecule has 82 valence electrons. The average Bonchev–Trinajstić information content (AvgIpc) is 1.99. The van der Waals surface area contributed by atoms with Crippen LogP contribution in [0.15, 0.2) is 10.9 Å². The summed E-state index contributed by atoms with van der Waals surface area (Å²) in [6, 6.07) is 1.21. The van der Waals surface area contributed by atoms with Crippen LogP contribution >= 0.6 is 0 Å². The summed E-state index contributed by atoms with van der Waals surface area (Å²) in [4.78, 5) is 28.4. The first-order valence-electron chi connectivity index (χ1n) is 4.61. The Balaban J connectivity index is 3.17. The fourth-order valence-electron chi connectivity index (χ4n) is 1.11. The third-order valence-electron chi connectivity index (χ3n) is 1.84. The summed E-state index contributed by atoms with van der Waals surface area (Å²) in [5, 5.41) is 8.60. The number of carbonyl (C=O) groups is 1. The SMILES string of the molecule is CC(C)(C)c1nc(CC(=O)O)cc(=O)[nH]1. The van der Waals surface area contributed by atoms with Gasteiger partial charge in [0.15, 0.2) is 0 Å². The van der Waals surface area contributed by atoms with Crippen molar-refractivity contribution < 1.29 is 9.90 Å². The number of nitrogens with one attached hydrogen (secondary N) is 1. The van der Waals surface area contributed by atoms with E-state index in [0.29, 0.717) is 5.82 Å². The van der Waals surface area contributed by atoms with E-state index in [9.17, 15) is 9.59 Å². The molecule has 0 spiro atoms. The van der Waals surface area contributed by atoms with Gasteiger partial charge in [-0.15, -0.1) is 0 Å². The maximum absolute atomic E-state index is 11.3. The summed E-state index contributed by atoms with van der Waals surface area (Å²) in [6.45, 7) is 5.70. The lowest BCUT2D eigenvalue weighted by Gasteiger charge is -2.17. The molecule has 1 rings (SSSR count). The van der Waals surface area contributed by atoms with Gasteiger partial charge in [-0.2, -0.15) is 0 Å². The molecule has 0 fully saturated rings. The van der Waals surface area contributed by atoms with Gasteiger partial charge in [0.25, 0.3) is 5.56 Å². The fourth-order valence-corrected chi connectivity index (χ4v) is 1.11. The number of carboxylic acids is 1. The van der Waals surface area contributed by atoms with Crippen LogP contribution in [-0.2, 0) is 16.6 Å². The maximum Gasteiger partial charge on any atom is 0.309 e. The number of H-pyrrole nitrogens is 1. The largest absolute Gasteiger partial charge is 0.481 e. The highest BCUT2D eigenvalue weighted by molar-refractivity contribution is 5.69. The van der Waals surface area contributed by atoms with Gasteiger partial charge < -0.3 is 10.1 Å². The summed E-state index contributed by atoms with van der Waals surface area (Å²) in [5.74, 6) is -0.487. The normalized spacial score (nSPS) is 11.4. The van der Waals surface area contributed by atoms with Crippen LogP contribution in [0, 0.1) is 0 Å². The van der Waals surface area contributed by atoms with Gasteiger partial charge in [-0.05, 0) is 0 Å². The van der Waals surface area contributed by atoms with E-state index in [-0.39, 0.29) is 23.1 Å². The van der Waals surface area contributed by atoms with Crippen LogP contribution in [0.5, 0.6) is 0 Å². The Morgan fingerprint density at radius 1 is 1.53 bits per heavy atom. The molecule has 0 bridgehead atoms. The average molecular weight is 210 g/mol. The highest BCUT2D eigenvalue weighted by atomic mass is 16.4. The van der Waals surface area contributed by atoms with Crippen LogP contribution in [0.3, 0.4) is 0 Å². The fraction of sp³-hybridized carbons (Fsp3) is 0.500. The van der Waals surface area contributed by atoms with E-state index >= 15 is 0 Å². The van der Waals surface area contributed by atoms with Crippen molar-refractivity contribution in [3.8, 4) is 0 Å². The van der Waals surface area contributed by atoms with E-state index in [2.05, 4.69) is 9.97 Å². The molecule has 0 radical (unpaired) electrons. The van der Waals surface area contributed by atoms with E-state index in [1.54, 1.807) is 0 Å². The molecule has 5 nitrogen and oxygen atoms in total. The second-order valence-corrected chi connectivity index (χ2v) is 4.41. The molecule has 15 heavy (non-hydrogen) atoms. The maximum atomic E-state index is 11.3. The molecule has 0 aliphatic heterocycles. The molecular formula is C10H14N2O3. The summed E-state index contributed by atoms with van der Waals surface area (Å²) in [7, 11) is 0. The number of rotatable bonds is 2. The zero-order valence-corrected chi connectivity index (χ0v) is 9.00. The van der Waals surface area contributed by atoms with Crippen molar-refractivity contribution in [2.75, 3.05) is 0 Å². The van der Waals surface area contributed by atoms with E-state index in [1.165, 1.54) is 6.07 Å². The molecule has 0 saturated carbocycles. The molecule has 0 unspecified atom stereocenters. The van der Waals surface area contributed by atoms with Gasteiger partial charge in [0.05, 0.1) is 12.1 Å². The molecule has 1 aromatic rings. The minimum absolute atomic E-state index is 0.229. The van der Waals surface area contributed by atoms with Crippen molar-refractivity contribution in [3.05, 3.63) is 27.9 Å². The lowest BCUT2D eigenvalue weighted by atomic mass is 9.95. The quantitative estimate of drug-likeness (QED) is 0.752. The van der Waals surface area contributed by atoms with Gasteiger partial charge >= 0.3 is 5.97 Å². The van der Waals surface area contributed by atoms with Crippen molar-refractivity contribution in [2.24, 2.45) is 0 Å². The molecule has 1 aromatic heterocycles. The Kier molecular flexibility index (Phi) is 2.93. The van der Waals surface area contributed by atoms with E-state index in [1.807, 2.05) is 20.8 Å². The third kappa shape index (κ3) is 3.19. The van der Waals surface area contributed by atoms with Gasteiger partial charge in [-0.25, -0.2) is 4.98 Å². The Bertz CT molecular complexity index is 429. The highest BCUT2D eigenvalue weighted by Crippen LogP contribution is 2.16. The van der Waals surface area contributed by atoms with Crippen LogP contribution in [0.25, 0.3) is 0 Å². The number of aromatic nitrogens is 2. The minimum atomic E-state index is -0.993. The predicted octanol–water partition coefficient (Wildman–Crippen LogP) is 0.694. The lowest BCUT2D eigenvalue weighted by Crippen LogP contribution is -2.23. The van der Waals surface area contributed by atoms with Crippen molar-refractivity contribution in [2.45, 2.75) is 32.6 Å². The van der Waals surface area contributed by atoms with Gasteiger partial charge in [0.2, 0.25) is 0 Å². The molecular weight excluding hydrogens is 196 g/mol. The smallest absolute Gasteiger partial charge is 0.309 e. The number of hydrogen-bond donors (Lipinski definition) is 2. The minimum Gasteiger partial charge on any atom is -0.481 e. The molecule has 0 aromatic carbocycles. The molecule has 2 N–H and O–H groups in total. The Morgan fingerprint density at radius 3 is 2.60 bits per heavy atom. The van der Waals surface area contributed by atoms with Crippen LogP contribution in [-0.4, -0.2) is 21.0 Å². The van der Waals surface area contributed by atoms with Crippen LogP contribution in [0.2, 0.25) is 0 Å². The van der Waals surface area contributed by atoms with Crippen LogP contribution < -0.4 is 5.56 Å². The van der Waals surface area contributed by atoms with Gasteiger partial charge in [-0.3, -0.25) is 9.59 Å². The molecule has 0 saturated heterocycles. The van der Waals surface area contributed by atoms with Crippen LogP contribution in [0.1, 0.15) is 32.3 Å². The standard InChI is InChI=1S/C10H14N2O3/c1-10(2,3)9-11-6(5-8(14)15)4-7(13)12-9/h4H,5H2,1-3H3,(H,14,15)(H,11,12,13). The van der Waals surface area contributed by atoms with Crippen molar-refractivity contribution in [3.63, 3.8) is 0 Å². The number of hydrogen-bond acceptors (Lipinski definition) is 3. The predicted molar refractivity (Wildman–Crippen MR) is 54.9 cm³/mol. The molecule has 0 amide bonds. The van der Waals surface area contributed by atoms with Gasteiger partial charge in [0.1, 0.15) is 5.82 Å². The lowest BCUT2D eigenvalue weighted by molar-refractivity contribution is -0.136. The number of carboxylic acid groups (broad SMARTS) is 1. The first kappa shape index (κ1) is 11.4. The number of aromatic amines is 1. The third-order valence-corrected chi connectivity index (χ3v) is 1.84. The van der Waals surface area contributed by atoms with Gasteiger partial charge in [0, 0.05) is 11.5 Å². The Hall–Kier alpha value is -1.65. The number of nitrogens with zero attached hydrogens (tertiary/aromatic N) is 1. The summed E-state index contributed by atoms with van der Waals surface area (Å²) in [5.41, 5.74) is -0.324. The van der Waals surface area contributed by atoms with Crippen LogP contribution in [0.4, 0.5) is 0 Å². The van der Waals surface area contributed by atoms with Crippen molar-refractivity contribution in [1.82, 2.24) is 9.97 Å². The zero-order valence-electron chi connectivity index (χ0n) is 9.00. The van der Waals surface area contributed by atoms with E-state index in [0.717, 1.165) is 0 Å². The summed E-state index contributed by atoms with van der Waals surface area (Å²) in [6.07, 6.45) is -0.229. The summed E-state index contributed by atoms with van der Waals surface area (Å²) >= 11 is 0. The van der Waals surface area contributed by atoms with Crippen molar-refractivity contribution in [1.29, 1.82) is 0 Å². The van der Waals surface area contributed by atoms with E-state index < -0.39 is 5.97 Å².